The largest absolute Gasteiger partial charge is 0.0654 e. The van der Waals surface area contributed by atoms with Gasteiger partial charge in [-0.05, 0) is 43.4 Å². The molecule has 0 N–H and O–H groups in total. The van der Waals surface area contributed by atoms with Crippen LogP contribution in [0.2, 0.25) is 0 Å². The third-order valence-electron chi connectivity index (χ3n) is 3.42. The van der Waals surface area contributed by atoms with Crippen LogP contribution in [0.3, 0.4) is 0 Å². The summed E-state index contributed by atoms with van der Waals surface area (Å²) in [7, 11) is 0. The van der Waals surface area contributed by atoms with Crippen LogP contribution in [0.25, 0.3) is 0 Å². The first-order chi connectivity index (χ1) is 7.75. The average molecular weight is 218 g/mol. The van der Waals surface area contributed by atoms with Gasteiger partial charge in [-0.3, -0.25) is 0 Å². The molecule has 0 heterocycles. The summed E-state index contributed by atoms with van der Waals surface area (Å²) in [5, 5.41) is 0. The van der Waals surface area contributed by atoms with E-state index in [1.807, 2.05) is 0 Å². The molecule has 1 rings (SSSR count). The van der Waals surface area contributed by atoms with Crippen LogP contribution < -0.4 is 0 Å². The second kappa shape index (κ2) is 7.49. The molecular weight excluding hydrogens is 192 g/mol. The molecule has 0 saturated carbocycles. The Balaban J connectivity index is 2.26. The summed E-state index contributed by atoms with van der Waals surface area (Å²) in [5.74, 6) is 0. The molecule has 1 aromatic rings. The Labute approximate surface area is 101 Å². The standard InChI is InChI=1S/C16H26/c1-4-5-6-7-8-9-13-16-14(2)11-10-12-15(16)3/h10-12H,4-9,13H2,1-3H3. The molecule has 0 bridgehead atoms. The zero-order chi connectivity index (χ0) is 11.8. The number of benzene rings is 1. The molecule has 0 aromatic heterocycles. The smallest absolute Gasteiger partial charge is 0.0274 e. The summed E-state index contributed by atoms with van der Waals surface area (Å²) in [6.45, 7) is 6.75. The molecule has 0 aliphatic heterocycles. The molecule has 0 aliphatic rings. The van der Waals surface area contributed by atoms with Gasteiger partial charge in [0.25, 0.3) is 0 Å². The highest BCUT2D eigenvalue weighted by Crippen LogP contribution is 2.17. The fourth-order valence-corrected chi connectivity index (χ4v) is 2.33. The maximum atomic E-state index is 2.27. The third kappa shape index (κ3) is 4.38. The van der Waals surface area contributed by atoms with E-state index in [4.69, 9.17) is 0 Å². The van der Waals surface area contributed by atoms with Crippen molar-refractivity contribution in [2.24, 2.45) is 0 Å². The van der Waals surface area contributed by atoms with E-state index >= 15 is 0 Å². The van der Waals surface area contributed by atoms with Crippen molar-refractivity contribution in [3.63, 3.8) is 0 Å². The van der Waals surface area contributed by atoms with Crippen LogP contribution in [0, 0.1) is 13.8 Å². The van der Waals surface area contributed by atoms with Crippen molar-refractivity contribution in [1.82, 2.24) is 0 Å². The lowest BCUT2D eigenvalue weighted by Crippen LogP contribution is -1.93. The molecule has 0 aliphatic carbocycles. The lowest BCUT2D eigenvalue weighted by atomic mass is 9.97. The molecule has 0 fully saturated rings. The van der Waals surface area contributed by atoms with Gasteiger partial charge in [0, 0.05) is 0 Å². The van der Waals surface area contributed by atoms with E-state index in [2.05, 4.69) is 39.0 Å². The zero-order valence-corrected chi connectivity index (χ0v) is 11.2. The molecule has 0 amide bonds. The van der Waals surface area contributed by atoms with Gasteiger partial charge in [0.1, 0.15) is 0 Å². The predicted molar refractivity (Wildman–Crippen MR) is 73.0 cm³/mol. The second-order valence-corrected chi connectivity index (χ2v) is 4.89. The predicted octanol–water partition coefficient (Wildman–Crippen LogP) is 5.21. The van der Waals surface area contributed by atoms with Crippen LogP contribution in [0.1, 0.15) is 62.1 Å². The van der Waals surface area contributed by atoms with Gasteiger partial charge in [0.05, 0.1) is 0 Å². The van der Waals surface area contributed by atoms with Crippen LogP contribution in [-0.4, -0.2) is 0 Å². The molecule has 0 unspecified atom stereocenters. The molecule has 0 radical (unpaired) electrons. The van der Waals surface area contributed by atoms with E-state index in [0.29, 0.717) is 0 Å². The highest BCUT2D eigenvalue weighted by molar-refractivity contribution is 5.33. The highest BCUT2D eigenvalue weighted by Gasteiger charge is 2.01. The molecular formula is C16H26. The van der Waals surface area contributed by atoms with E-state index in [1.54, 1.807) is 5.56 Å². The Hall–Kier alpha value is -0.780. The topological polar surface area (TPSA) is 0 Å². The van der Waals surface area contributed by atoms with E-state index in [-0.39, 0.29) is 0 Å². The van der Waals surface area contributed by atoms with Gasteiger partial charge in [0.15, 0.2) is 0 Å². The van der Waals surface area contributed by atoms with Gasteiger partial charge < -0.3 is 0 Å². The van der Waals surface area contributed by atoms with Crippen molar-refractivity contribution in [3.8, 4) is 0 Å². The SMILES string of the molecule is CCCCCCCCc1c(C)cccc1C. The number of hydrogen-bond acceptors (Lipinski definition) is 0. The molecule has 0 spiro atoms. The van der Waals surface area contributed by atoms with Crippen molar-refractivity contribution in [2.45, 2.75) is 65.7 Å². The van der Waals surface area contributed by atoms with Crippen LogP contribution in [0.4, 0.5) is 0 Å². The zero-order valence-electron chi connectivity index (χ0n) is 11.2. The minimum atomic E-state index is 1.27. The fourth-order valence-electron chi connectivity index (χ4n) is 2.33. The highest BCUT2D eigenvalue weighted by atomic mass is 14.1. The molecule has 16 heavy (non-hydrogen) atoms. The van der Waals surface area contributed by atoms with E-state index in [1.165, 1.54) is 56.1 Å². The minimum absolute atomic E-state index is 1.27. The third-order valence-corrected chi connectivity index (χ3v) is 3.42. The summed E-state index contributed by atoms with van der Waals surface area (Å²) in [6.07, 6.45) is 9.61. The fraction of sp³-hybridized carbons (Fsp3) is 0.625. The first-order valence-electron chi connectivity index (χ1n) is 6.80. The first-order valence-corrected chi connectivity index (χ1v) is 6.80. The molecule has 1 aromatic carbocycles. The monoisotopic (exact) mass is 218 g/mol. The van der Waals surface area contributed by atoms with Crippen LogP contribution in [-0.2, 0) is 6.42 Å². The number of rotatable bonds is 7. The second-order valence-electron chi connectivity index (χ2n) is 4.89. The summed E-state index contributed by atoms with van der Waals surface area (Å²) in [5.41, 5.74) is 4.51. The molecule has 0 nitrogen and oxygen atoms in total. The average Bonchev–Trinajstić information content (AvgIpc) is 2.26. The Bertz CT molecular complexity index is 279. The van der Waals surface area contributed by atoms with Crippen molar-refractivity contribution < 1.29 is 0 Å². The summed E-state index contributed by atoms with van der Waals surface area (Å²) < 4.78 is 0. The summed E-state index contributed by atoms with van der Waals surface area (Å²) in [4.78, 5) is 0. The van der Waals surface area contributed by atoms with E-state index < -0.39 is 0 Å². The Morgan fingerprint density at radius 2 is 1.38 bits per heavy atom. The minimum Gasteiger partial charge on any atom is -0.0654 e. The summed E-state index contributed by atoms with van der Waals surface area (Å²) >= 11 is 0. The van der Waals surface area contributed by atoms with Crippen molar-refractivity contribution in [1.29, 1.82) is 0 Å². The Morgan fingerprint density at radius 3 is 2.00 bits per heavy atom. The van der Waals surface area contributed by atoms with Gasteiger partial charge in [-0.2, -0.15) is 0 Å². The van der Waals surface area contributed by atoms with Gasteiger partial charge in [-0.15, -0.1) is 0 Å². The first kappa shape index (κ1) is 13.3. The maximum absolute atomic E-state index is 2.27. The van der Waals surface area contributed by atoms with E-state index in [9.17, 15) is 0 Å². The van der Waals surface area contributed by atoms with Gasteiger partial charge in [-0.1, -0.05) is 57.2 Å². The molecule has 0 atom stereocenters. The Morgan fingerprint density at radius 1 is 0.812 bits per heavy atom. The van der Waals surface area contributed by atoms with Gasteiger partial charge >= 0.3 is 0 Å². The van der Waals surface area contributed by atoms with E-state index in [0.717, 1.165) is 0 Å². The lowest BCUT2D eigenvalue weighted by molar-refractivity contribution is 0.606. The Kier molecular flexibility index (Phi) is 6.22. The molecule has 0 saturated heterocycles. The lowest BCUT2D eigenvalue weighted by Gasteiger charge is -2.09. The van der Waals surface area contributed by atoms with Gasteiger partial charge in [0.2, 0.25) is 0 Å². The van der Waals surface area contributed by atoms with Crippen LogP contribution >= 0.6 is 0 Å². The van der Waals surface area contributed by atoms with Crippen molar-refractivity contribution in [2.75, 3.05) is 0 Å². The van der Waals surface area contributed by atoms with Crippen LogP contribution in [0.5, 0.6) is 0 Å². The number of hydrogen-bond donors (Lipinski definition) is 0. The normalized spacial score (nSPS) is 10.7. The molecule has 0 heteroatoms. The quantitative estimate of drug-likeness (QED) is 0.551. The van der Waals surface area contributed by atoms with Gasteiger partial charge in [-0.25, -0.2) is 0 Å². The molecule has 90 valence electrons. The van der Waals surface area contributed by atoms with Crippen molar-refractivity contribution >= 4 is 0 Å². The number of aryl methyl sites for hydroxylation is 2. The number of unbranched alkanes of at least 4 members (excludes halogenated alkanes) is 5. The maximum Gasteiger partial charge on any atom is -0.0274 e. The van der Waals surface area contributed by atoms with Crippen LogP contribution in [0.15, 0.2) is 18.2 Å². The van der Waals surface area contributed by atoms with Crippen molar-refractivity contribution in [3.05, 3.63) is 34.9 Å². The summed E-state index contributed by atoms with van der Waals surface area (Å²) in [6, 6.07) is 6.63.